The first kappa shape index (κ1) is 122. The van der Waals surface area contributed by atoms with E-state index in [1.165, 1.54) is 0 Å². The molecular formula is C120H120N24. The van der Waals surface area contributed by atoms with E-state index in [1.54, 1.807) is 297 Å². The van der Waals surface area contributed by atoms with Crippen molar-refractivity contribution in [2.45, 2.75) is 0 Å². The number of pyridine rings is 24. The van der Waals surface area contributed by atoms with E-state index in [0.717, 1.165) is 0 Å². The standard InChI is InChI=1S/24C5H5N/c24*1-2-4-6-5-3-1/h24*1-5H. The molecule has 0 amide bonds. The molecule has 24 rings (SSSR count). The van der Waals surface area contributed by atoms with E-state index in [0.29, 0.717) is 0 Å². The molecule has 144 heavy (non-hydrogen) atoms. The largest absolute Gasteiger partial charge is 0.265 e. The Balaban J connectivity index is 0.000000751. The predicted molar refractivity (Wildman–Crippen MR) is 582 cm³/mol. The second kappa shape index (κ2) is 119. The number of hydrogen-bond acceptors (Lipinski definition) is 24. The van der Waals surface area contributed by atoms with Crippen LogP contribution in [-0.4, -0.2) is 120 Å². The molecular weight excluding hydrogens is 1780 g/mol. The molecule has 0 N–H and O–H groups in total. The summed E-state index contributed by atoms with van der Waals surface area (Å²) in [7, 11) is 0. The fourth-order valence-electron chi connectivity index (χ4n) is 7.50. The third-order valence-corrected chi connectivity index (χ3v) is 13.6. The highest BCUT2D eigenvalue weighted by atomic mass is 14.7. The average molecular weight is 1900 g/mol. The zero-order chi connectivity index (χ0) is 102. The van der Waals surface area contributed by atoms with Crippen molar-refractivity contribution in [3.8, 4) is 0 Å². The summed E-state index contributed by atoms with van der Waals surface area (Å²) in [6.07, 6.45) is 84.0. The van der Waals surface area contributed by atoms with Crippen molar-refractivity contribution in [1.82, 2.24) is 120 Å². The molecule has 24 heteroatoms. The van der Waals surface area contributed by atoms with Crippen molar-refractivity contribution in [2.75, 3.05) is 0 Å². The summed E-state index contributed by atoms with van der Waals surface area (Å²) in [4.78, 5) is 90.8. The summed E-state index contributed by atoms with van der Waals surface area (Å²) in [5.41, 5.74) is 0. The molecule has 0 aliphatic heterocycles. The molecule has 0 fully saturated rings. The van der Waals surface area contributed by atoms with Gasteiger partial charge in [-0.2, -0.15) is 0 Å². The molecule has 0 spiro atoms. The Morgan fingerprint density at radius 2 is 0.0625 bits per heavy atom. The molecule has 0 aliphatic carbocycles. The lowest BCUT2D eigenvalue weighted by Crippen LogP contribution is -1.58. The van der Waals surface area contributed by atoms with Crippen molar-refractivity contribution in [2.24, 2.45) is 0 Å². The highest BCUT2D eigenvalue weighted by Crippen LogP contribution is 1.87. The van der Waals surface area contributed by atoms with E-state index in [2.05, 4.69) is 120 Å². The fraction of sp³-hybridized carbons (Fsp3) is 0. The first-order valence-corrected chi connectivity index (χ1v) is 44.4. The zero-order valence-electron chi connectivity index (χ0n) is 80.0. The van der Waals surface area contributed by atoms with E-state index in [9.17, 15) is 0 Å². The van der Waals surface area contributed by atoms with E-state index in [1.807, 2.05) is 437 Å². The molecule has 24 aromatic rings. The molecule has 24 aromatic heterocycles. The van der Waals surface area contributed by atoms with Crippen LogP contribution in [-0.2, 0) is 0 Å². The van der Waals surface area contributed by atoms with Crippen molar-refractivity contribution < 1.29 is 0 Å². The van der Waals surface area contributed by atoms with Crippen LogP contribution in [0.4, 0.5) is 0 Å². The Bertz CT molecular complexity index is 3550. The molecule has 0 bridgehead atoms. The predicted octanol–water partition coefficient (Wildman–Crippen LogP) is 26.0. The Hall–Kier alpha value is -20.4. The second-order valence-electron chi connectivity index (χ2n) is 24.6. The van der Waals surface area contributed by atoms with Crippen LogP contribution >= 0.6 is 0 Å². The zero-order valence-corrected chi connectivity index (χ0v) is 80.0. The molecule has 0 aromatic carbocycles. The third-order valence-electron chi connectivity index (χ3n) is 13.6. The minimum absolute atomic E-state index is 1.75. The number of hydrogen-bond donors (Lipinski definition) is 0. The lowest BCUT2D eigenvalue weighted by atomic mass is 10.5. The van der Waals surface area contributed by atoms with Crippen LogP contribution < -0.4 is 0 Å². The quantitative estimate of drug-likeness (QED) is 0.136. The number of rotatable bonds is 0. The van der Waals surface area contributed by atoms with E-state index >= 15 is 0 Å². The van der Waals surface area contributed by atoms with Crippen LogP contribution in [0.5, 0.6) is 0 Å². The molecule has 24 nitrogen and oxygen atoms in total. The molecule has 0 saturated carbocycles. The first-order valence-electron chi connectivity index (χ1n) is 44.4. The minimum Gasteiger partial charge on any atom is -0.265 e. The van der Waals surface area contributed by atoms with Crippen LogP contribution in [0.1, 0.15) is 0 Å². The number of aromatic nitrogens is 24. The molecule has 0 saturated heterocycles. The van der Waals surface area contributed by atoms with Crippen LogP contribution in [0.3, 0.4) is 0 Å². The second-order valence-corrected chi connectivity index (χ2v) is 24.6. The van der Waals surface area contributed by atoms with E-state index in [4.69, 9.17) is 0 Å². The Labute approximate surface area is 848 Å². The van der Waals surface area contributed by atoms with Crippen molar-refractivity contribution in [3.63, 3.8) is 0 Å². The Kier molecular flexibility index (Phi) is 100. The van der Waals surface area contributed by atoms with Gasteiger partial charge >= 0.3 is 0 Å². The van der Waals surface area contributed by atoms with Crippen LogP contribution in [0.2, 0.25) is 0 Å². The minimum atomic E-state index is 1.75. The number of nitrogens with zero attached hydrogens (tertiary/aromatic N) is 24. The van der Waals surface area contributed by atoms with Gasteiger partial charge < -0.3 is 0 Å². The summed E-state index contributed by atoms with van der Waals surface area (Å²) in [6, 6.07) is 137. The molecule has 0 radical (unpaired) electrons. The van der Waals surface area contributed by atoms with Gasteiger partial charge in [-0.25, -0.2) is 0 Å². The lowest BCUT2D eigenvalue weighted by Gasteiger charge is -1.70. The normalized spacial score (nSPS) is 8.00. The van der Waals surface area contributed by atoms with Gasteiger partial charge in [-0.3, -0.25) is 120 Å². The Morgan fingerprint density at radius 3 is 0.0694 bits per heavy atom. The van der Waals surface area contributed by atoms with Gasteiger partial charge in [0.1, 0.15) is 0 Å². The smallest absolute Gasteiger partial charge is 0.0267 e. The SMILES string of the molecule is c1ccncc1.c1ccncc1.c1ccncc1.c1ccncc1.c1ccncc1.c1ccncc1.c1ccncc1.c1ccncc1.c1ccncc1.c1ccncc1.c1ccncc1.c1ccncc1.c1ccncc1.c1ccncc1.c1ccncc1.c1ccncc1.c1ccncc1.c1ccncc1.c1ccncc1.c1ccncc1.c1ccncc1.c1ccncc1.c1ccncc1.c1ccncc1. The van der Waals surface area contributed by atoms with Crippen molar-refractivity contribution >= 4 is 0 Å². The molecule has 24 heterocycles. The van der Waals surface area contributed by atoms with Crippen LogP contribution in [0.25, 0.3) is 0 Å². The van der Waals surface area contributed by atoms with Gasteiger partial charge in [-0.1, -0.05) is 146 Å². The summed E-state index contributed by atoms with van der Waals surface area (Å²) in [5.74, 6) is 0. The van der Waals surface area contributed by atoms with Gasteiger partial charge in [0.25, 0.3) is 0 Å². The van der Waals surface area contributed by atoms with E-state index in [-0.39, 0.29) is 0 Å². The van der Waals surface area contributed by atoms with Gasteiger partial charge in [0, 0.05) is 297 Å². The Morgan fingerprint density at radius 1 is 0.0347 bits per heavy atom. The van der Waals surface area contributed by atoms with Crippen molar-refractivity contribution in [3.05, 3.63) is 734 Å². The van der Waals surface area contributed by atoms with Gasteiger partial charge in [-0.15, -0.1) is 0 Å². The molecule has 0 aliphatic rings. The first-order chi connectivity index (χ1) is 72.0. The van der Waals surface area contributed by atoms with Gasteiger partial charge in [0.2, 0.25) is 0 Å². The third kappa shape index (κ3) is 116. The van der Waals surface area contributed by atoms with Crippen LogP contribution in [0, 0.1) is 0 Å². The highest BCUT2D eigenvalue weighted by Gasteiger charge is 1.72. The highest BCUT2D eigenvalue weighted by molar-refractivity contribution is 5.01. The summed E-state index contributed by atoms with van der Waals surface area (Å²) < 4.78 is 0. The maximum absolute atomic E-state index is 3.78. The van der Waals surface area contributed by atoms with Crippen molar-refractivity contribution in [1.29, 1.82) is 0 Å². The lowest BCUT2D eigenvalue weighted by molar-refractivity contribution is 1.33. The fourth-order valence-corrected chi connectivity index (χ4v) is 7.50. The van der Waals surface area contributed by atoms with Gasteiger partial charge in [-0.05, 0) is 291 Å². The topological polar surface area (TPSA) is 309 Å². The van der Waals surface area contributed by atoms with E-state index < -0.39 is 0 Å². The van der Waals surface area contributed by atoms with Gasteiger partial charge in [0.05, 0.1) is 0 Å². The van der Waals surface area contributed by atoms with Crippen LogP contribution in [0.15, 0.2) is 734 Å². The maximum atomic E-state index is 3.78. The molecule has 0 unspecified atom stereocenters. The van der Waals surface area contributed by atoms with Gasteiger partial charge in [0.15, 0.2) is 0 Å². The summed E-state index contributed by atoms with van der Waals surface area (Å²) in [6.45, 7) is 0. The maximum Gasteiger partial charge on any atom is 0.0267 e. The molecule has 720 valence electrons. The molecule has 0 atom stereocenters. The monoisotopic (exact) mass is 1900 g/mol. The summed E-state index contributed by atoms with van der Waals surface area (Å²) >= 11 is 0. The summed E-state index contributed by atoms with van der Waals surface area (Å²) in [5, 5.41) is 0. The average Bonchev–Trinajstić information content (AvgIpc) is 4.17.